The van der Waals surface area contributed by atoms with Crippen molar-refractivity contribution >= 4 is 23.8 Å². The van der Waals surface area contributed by atoms with Crippen molar-refractivity contribution in [2.75, 3.05) is 6.61 Å². The van der Waals surface area contributed by atoms with E-state index in [0.29, 0.717) is 5.56 Å². The van der Waals surface area contributed by atoms with Gasteiger partial charge >= 0.3 is 11.9 Å². The van der Waals surface area contributed by atoms with Crippen LogP contribution in [0.2, 0.25) is 0 Å². The van der Waals surface area contributed by atoms with Crippen molar-refractivity contribution in [1.82, 2.24) is 4.90 Å². The lowest BCUT2D eigenvalue weighted by Gasteiger charge is -2.29. The Morgan fingerprint density at radius 3 is 2.32 bits per heavy atom. The number of imide groups is 1. The van der Waals surface area contributed by atoms with Gasteiger partial charge in [-0.2, -0.15) is 0 Å². The second-order valence-electron chi connectivity index (χ2n) is 8.20. The third-order valence-corrected chi connectivity index (χ3v) is 4.83. The molecule has 0 spiro atoms. The lowest BCUT2D eigenvalue weighted by molar-refractivity contribution is -0.158. The summed E-state index contributed by atoms with van der Waals surface area (Å²) in [4.78, 5) is 50.7. The van der Waals surface area contributed by atoms with E-state index in [0.717, 1.165) is 32.1 Å². The molecule has 1 aliphatic heterocycles. The first-order chi connectivity index (χ1) is 13.2. The summed E-state index contributed by atoms with van der Waals surface area (Å²) in [6.07, 6.45) is 4.75. The number of nitrogens with zero attached hydrogens (tertiary/aromatic N) is 1. The Balaban J connectivity index is 1.70. The zero-order chi connectivity index (χ0) is 20.5. The van der Waals surface area contributed by atoms with E-state index in [9.17, 15) is 19.2 Å². The van der Waals surface area contributed by atoms with Gasteiger partial charge in [0.15, 0.2) is 6.61 Å². The number of rotatable bonds is 4. The van der Waals surface area contributed by atoms with Crippen LogP contribution in [0.5, 0.6) is 0 Å². The van der Waals surface area contributed by atoms with Crippen molar-refractivity contribution in [2.45, 2.75) is 64.5 Å². The summed E-state index contributed by atoms with van der Waals surface area (Å²) < 4.78 is 10.1. The molecule has 0 atom stereocenters. The van der Waals surface area contributed by atoms with Crippen molar-refractivity contribution < 1.29 is 28.7 Å². The Bertz CT molecular complexity index is 817. The van der Waals surface area contributed by atoms with Gasteiger partial charge in [-0.25, -0.2) is 9.59 Å². The standard InChI is InChI=1S/C21H25NO6/c1-21(2,3)28-17(23)12-27-20(26)13-9-10-15-16(11-13)19(25)22(18(15)24)14-7-5-4-6-8-14/h9-11,14H,4-8,12H2,1-3H3. The number of fused-ring (bicyclic) bond motifs is 1. The Hall–Kier alpha value is -2.70. The zero-order valence-corrected chi connectivity index (χ0v) is 16.4. The van der Waals surface area contributed by atoms with E-state index < -0.39 is 24.1 Å². The minimum absolute atomic E-state index is 0.0799. The highest BCUT2D eigenvalue weighted by molar-refractivity contribution is 6.22. The van der Waals surface area contributed by atoms with Crippen LogP contribution in [0.25, 0.3) is 0 Å². The Kier molecular flexibility index (Phi) is 5.54. The first kappa shape index (κ1) is 20.0. The van der Waals surface area contributed by atoms with Gasteiger partial charge in [-0.1, -0.05) is 19.3 Å². The lowest BCUT2D eigenvalue weighted by Crippen LogP contribution is -2.40. The van der Waals surface area contributed by atoms with E-state index in [1.165, 1.54) is 23.1 Å². The molecule has 1 heterocycles. The van der Waals surface area contributed by atoms with Crippen molar-refractivity contribution in [3.63, 3.8) is 0 Å². The minimum Gasteiger partial charge on any atom is -0.457 e. The minimum atomic E-state index is -0.745. The number of hydrogen-bond donors (Lipinski definition) is 0. The van der Waals surface area contributed by atoms with E-state index in [2.05, 4.69) is 0 Å². The highest BCUT2D eigenvalue weighted by Crippen LogP contribution is 2.31. The van der Waals surface area contributed by atoms with Gasteiger partial charge in [0.2, 0.25) is 0 Å². The van der Waals surface area contributed by atoms with Gasteiger partial charge in [-0.3, -0.25) is 14.5 Å². The summed E-state index contributed by atoms with van der Waals surface area (Å²) in [6.45, 7) is 4.63. The van der Waals surface area contributed by atoms with Crippen molar-refractivity contribution in [2.24, 2.45) is 0 Å². The molecule has 0 unspecified atom stereocenters. The number of hydrogen-bond acceptors (Lipinski definition) is 6. The molecule has 1 fully saturated rings. The van der Waals surface area contributed by atoms with Gasteiger partial charge in [0.25, 0.3) is 11.8 Å². The fraction of sp³-hybridized carbons (Fsp3) is 0.524. The summed E-state index contributed by atoms with van der Waals surface area (Å²) in [6, 6.07) is 4.20. The third kappa shape index (κ3) is 4.24. The highest BCUT2D eigenvalue weighted by atomic mass is 16.6. The molecule has 2 amide bonds. The predicted molar refractivity (Wildman–Crippen MR) is 99.9 cm³/mol. The van der Waals surface area contributed by atoms with E-state index in [1.807, 2.05) is 0 Å². The zero-order valence-electron chi connectivity index (χ0n) is 16.4. The molecule has 7 heteroatoms. The smallest absolute Gasteiger partial charge is 0.344 e. The molecule has 1 aromatic rings. The lowest BCUT2D eigenvalue weighted by atomic mass is 9.94. The molecule has 28 heavy (non-hydrogen) atoms. The van der Waals surface area contributed by atoms with E-state index in [-0.39, 0.29) is 29.0 Å². The average Bonchev–Trinajstić information content (AvgIpc) is 2.89. The average molecular weight is 387 g/mol. The van der Waals surface area contributed by atoms with Gasteiger partial charge < -0.3 is 9.47 Å². The normalized spacial score (nSPS) is 17.5. The molecule has 0 aromatic heterocycles. The molecule has 1 saturated carbocycles. The van der Waals surface area contributed by atoms with E-state index in [4.69, 9.17) is 9.47 Å². The van der Waals surface area contributed by atoms with Crippen molar-refractivity contribution in [3.05, 3.63) is 34.9 Å². The largest absolute Gasteiger partial charge is 0.457 e. The molecule has 2 aliphatic rings. The summed E-state index contributed by atoms with van der Waals surface area (Å²) in [5.74, 6) is -2.07. The van der Waals surface area contributed by atoms with Crippen LogP contribution in [0, 0.1) is 0 Å². The van der Waals surface area contributed by atoms with Crippen LogP contribution in [0.15, 0.2) is 18.2 Å². The number of ether oxygens (including phenoxy) is 2. The molecule has 0 saturated heterocycles. The van der Waals surface area contributed by atoms with Crippen LogP contribution in [-0.2, 0) is 14.3 Å². The molecule has 7 nitrogen and oxygen atoms in total. The number of esters is 2. The Labute approximate surface area is 164 Å². The first-order valence-corrected chi connectivity index (χ1v) is 9.58. The highest BCUT2D eigenvalue weighted by Gasteiger charge is 2.40. The summed E-state index contributed by atoms with van der Waals surface area (Å²) in [5, 5.41) is 0. The molecule has 0 N–H and O–H groups in total. The molecule has 0 radical (unpaired) electrons. The topological polar surface area (TPSA) is 90.0 Å². The summed E-state index contributed by atoms with van der Waals surface area (Å²) in [5.41, 5.74) is -0.0395. The number of amides is 2. The molecule has 1 aromatic carbocycles. The second-order valence-corrected chi connectivity index (χ2v) is 8.20. The molecule has 0 bridgehead atoms. The molecule has 150 valence electrons. The number of carbonyl (C=O) groups is 4. The Morgan fingerprint density at radius 2 is 1.68 bits per heavy atom. The van der Waals surface area contributed by atoms with Gasteiger partial charge in [-0.15, -0.1) is 0 Å². The third-order valence-electron chi connectivity index (χ3n) is 4.83. The fourth-order valence-corrected chi connectivity index (χ4v) is 3.64. The number of carbonyl (C=O) groups excluding carboxylic acids is 4. The van der Waals surface area contributed by atoms with Crippen LogP contribution in [-0.4, -0.2) is 46.9 Å². The van der Waals surface area contributed by atoms with Crippen LogP contribution < -0.4 is 0 Å². The van der Waals surface area contributed by atoms with E-state index in [1.54, 1.807) is 20.8 Å². The van der Waals surface area contributed by atoms with Crippen molar-refractivity contribution in [3.8, 4) is 0 Å². The number of benzene rings is 1. The Morgan fingerprint density at radius 1 is 1.04 bits per heavy atom. The maximum Gasteiger partial charge on any atom is 0.344 e. The second kappa shape index (κ2) is 7.73. The predicted octanol–water partition coefficient (Wildman–Crippen LogP) is 3.11. The van der Waals surface area contributed by atoms with Gasteiger partial charge in [0.1, 0.15) is 5.60 Å². The molecular formula is C21H25NO6. The SMILES string of the molecule is CC(C)(C)OC(=O)COC(=O)c1ccc2c(c1)C(=O)N(C1CCCCC1)C2=O. The van der Waals surface area contributed by atoms with Crippen LogP contribution >= 0.6 is 0 Å². The summed E-state index contributed by atoms with van der Waals surface area (Å²) in [7, 11) is 0. The molecule has 1 aliphatic carbocycles. The van der Waals surface area contributed by atoms with Gasteiger partial charge in [0, 0.05) is 6.04 Å². The monoisotopic (exact) mass is 387 g/mol. The maximum atomic E-state index is 12.8. The quantitative estimate of drug-likeness (QED) is 0.582. The molecular weight excluding hydrogens is 362 g/mol. The van der Waals surface area contributed by atoms with Crippen LogP contribution in [0.3, 0.4) is 0 Å². The van der Waals surface area contributed by atoms with E-state index >= 15 is 0 Å². The summed E-state index contributed by atoms with van der Waals surface area (Å²) >= 11 is 0. The molecule has 3 rings (SSSR count). The maximum absolute atomic E-state index is 12.8. The van der Waals surface area contributed by atoms with Gasteiger partial charge in [-0.05, 0) is 51.8 Å². The fourth-order valence-electron chi connectivity index (χ4n) is 3.64. The van der Waals surface area contributed by atoms with Crippen LogP contribution in [0.1, 0.15) is 83.9 Å². The van der Waals surface area contributed by atoms with Gasteiger partial charge in [0.05, 0.1) is 16.7 Å². The van der Waals surface area contributed by atoms with Crippen LogP contribution in [0.4, 0.5) is 0 Å². The first-order valence-electron chi connectivity index (χ1n) is 9.58. The van der Waals surface area contributed by atoms with Crippen molar-refractivity contribution in [1.29, 1.82) is 0 Å².